The first-order valence-electron chi connectivity index (χ1n) is 6.68. The quantitative estimate of drug-likeness (QED) is 0.647. The fraction of sp³-hybridized carbons (Fsp3) is 0.923. The van der Waals surface area contributed by atoms with Crippen molar-refractivity contribution >= 4 is 5.91 Å². The van der Waals surface area contributed by atoms with E-state index in [1.54, 1.807) is 0 Å². The van der Waals surface area contributed by atoms with Crippen LogP contribution in [0, 0.1) is 17.8 Å². The van der Waals surface area contributed by atoms with Gasteiger partial charge in [-0.25, -0.2) is 0 Å². The molecule has 0 bridgehead atoms. The molecule has 0 radical (unpaired) electrons. The Bertz CT molecular complexity index is 244. The summed E-state index contributed by atoms with van der Waals surface area (Å²) >= 11 is 0. The van der Waals surface area contributed by atoms with Crippen LogP contribution < -0.4 is 11.1 Å². The predicted molar refractivity (Wildman–Crippen MR) is 68.4 cm³/mol. The summed E-state index contributed by atoms with van der Waals surface area (Å²) in [7, 11) is 0. The van der Waals surface area contributed by atoms with E-state index >= 15 is 0 Å². The van der Waals surface area contributed by atoms with Gasteiger partial charge in [-0.15, -0.1) is 0 Å². The summed E-state index contributed by atoms with van der Waals surface area (Å²) in [5, 5.41) is 12.1. The SMILES string of the molecule is CC(C)CC(N)C(=O)NCC1CCCC1CO. The lowest BCUT2D eigenvalue weighted by molar-refractivity contribution is -0.122. The van der Waals surface area contributed by atoms with Gasteiger partial charge in [0.25, 0.3) is 0 Å². The molecular formula is C13H26N2O2. The second kappa shape index (κ2) is 6.97. The summed E-state index contributed by atoms with van der Waals surface area (Å²) in [5.74, 6) is 1.17. The van der Waals surface area contributed by atoms with E-state index in [-0.39, 0.29) is 12.5 Å². The molecule has 3 unspecified atom stereocenters. The minimum Gasteiger partial charge on any atom is -0.396 e. The van der Waals surface area contributed by atoms with Crippen LogP contribution in [0.4, 0.5) is 0 Å². The van der Waals surface area contributed by atoms with Crippen LogP contribution in [0.2, 0.25) is 0 Å². The number of nitrogens with two attached hydrogens (primary N) is 1. The molecule has 0 spiro atoms. The Hall–Kier alpha value is -0.610. The molecule has 0 aromatic carbocycles. The lowest BCUT2D eigenvalue weighted by atomic mass is 9.96. The molecule has 17 heavy (non-hydrogen) atoms. The average Bonchev–Trinajstić information content (AvgIpc) is 2.72. The van der Waals surface area contributed by atoms with Gasteiger partial charge in [0.1, 0.15) is 0 Å². The first-order valence-corrected chi connectivity index (χ1v) is 6.68. The van der Waals surface area contributed by atoms with Crippen molar-refractivity contribution in [3.8, 4) is 0 Å². The maximum absolute atomic E-state index is 11.7. The molecule has 1 saturated carbocycles. The topological polar surface area (TPSA) is 75.4 Å². The molecule has 0 heterocycles. The third kappa shape index (κ3) is 4.64. The molecule has 1 aliphatic carbocycles. The molecule has 1 amide bonds. The maximum atomic E-state index is 11.7. The molecule has 0 aromatic rings. The lowest BCUT2D eigenvalue weighted by Crippen LogP contribution is -2.43. The molecule has 1 fully saturated rings. The number of nitrogens with one attached hydrogen (secondary N) is 1. The standard InChI is InChI=1S/C13H26N2O2/c1-9(2)6-12(14)13(17)15-7-10-4-3-5-11(10)8-16/h9-12,16H,3-8,14H2,1-2H3,(H,15,17). The molecule has 0 aromatic heterocycles. The van der Waals surface area contributed by atoms with Gasteiger partial charge in [0.05, 0.1) is 6.04 Å². The summed E-state index contributed by atoms with van der Waals surface area (Å²) < 4.78 is 0. The number of amides is 1. The van der Waals surface area contributed by atoms with Crippen LogP contribution in [0.5, 0.6) is 0 Å². The van der Waals surface area contributed by atoms with Crippen molar-refractivity contribution < 1.29 is 9.90 Å². The first kappa shape index (κ1) is 14.5. The van der Waals surface area contributed by atoms with E-state index < -0.39 is 6.04 Å². The van der Waals surface area contributed by atoms with Crippen LogP contribution in [0.25, 0.3) is 0 Å². The number of carbonyl (C=O) groups is 1. The van der Waals surface area contributed by atoms with Crippen molar-refractivity contribution in [2.24, 2.45) is 23.5 Å². The van der Waals surface area contributed by atoms with Crippen molar-refractivity contribution in [1.29, 1.82) is 0 Å². The summed E-state index contributed by atoms with van der Waals surface area (Å²) in [6.07, 6.45) is 4.06. The molecule has 1 rings (SSSR count). The van der Waals surface area contributed by atoms with Gasteiger partial charge < -0.3 is 16.2 Å². The van der Waals surface area contributed by atoms with Gasteiger partial charge in [-0.1, -0.05) is 20.3 Å². The van der Waals surface area contributed by atoms with Gasteiger partial charge in [-0.05, 0) is 37.0 Å². The minimum atomic E-state index is -0.399. The van der Waals surface area contributed by atoms with Gasteiger partial charge in [-0.2, -0.15) is 0 Å². The Morgan fingerprint density at radius 3 is 2.65 bits per heavy atom. The van der Waals surface area contributed by atoms with E-state index in [4.69, 9.17) is 5.73 Å². The van der Waals surface area contributed by atoms with Crippen LogP contribution in [0.15, 0.2) is 0 Å². The molecule has 4 heteroatoms. The fourth-order valence-corrected chi connectivity index (χ4v) is 2.60. The normalized spacial score (nSPS) is 26.2. The van der Waals surface area contributed by atoms with Crippen molar-refractivity contribution in [2.45, 2.75) is 45.6 Å². The largest absolute Gasteiger partial charge is 0.396 e. The predicted octanol–water partition coefficient (Wildman–Crippen LogP) is 0.885. The van der Waals surface area contributed by atoms with E-state index in [1.807, 2.05) is 0 Å². The summed E-state index contributed by atoms with van der Waals surface area (Å²) in [4.78, 5) is 11.7. The maximum Gasteiger partial charge on any atom is 0.236 e. The number of aliphatic hydroxyl groups excluding tert-OH is 1. The van der Waals surface area contributed by atoms with E-state index in [1.165, 1.54) is 0 Å². The second-order valence-corrected chi connectivity index (χ2v) is 5.61. The van der Waals surface area contributed by atoms with E-state index in [0.717, 1.165) is 25.7 Å². The summed E-state index contributed by atoms with van der Waals surface area (Å²) in [5.41, 5.74) is 5.81. The third-order valence-electron chi connectivity index (χ3n) is 3.65. The zero-order valence-corrected chi connectivity index (χ0v) is 11.0. The highest BCUT2D eigenvalue weighted by atomic mass is 16.3. The number of hydrogen-bond acceptors (Lipinski definition) is 3. The molecule has 4 N–H and O–H groups in total. The van der Waals surface area contributed by atoms with Crippen molar-refractivity contribution in [2.75, 3.05) is 13.2 Å². The third-order valence-corrected chi connectivity index (χ3v) is 3.65. The van der Waals surface area contributed by atoms with Gasteiger partial charge in [0.2, 0.25) is 5.91 Å². The van der Waals surface area contributed by atoms with Crippen LogP contribution in [0.3, 0.4) is 0 Å². The zero-order chi connectivity index (χ0) is 12.8. The molecular weight excluding hydrogens is 216 g/mol. The number of hydrogen-bond donors (Lipinski definition) is 3. The lowest BCUT2D eigenvalue weighted by Gasteiger charge is -2.20. The zero-order valence-electron chi connectivity index (χ0n) is 11.0. The number of carbonyl (C=O) groups excluding carboxylic acids is 1. The second-order valence-electron chi connectivity index (χ2n) is 5.61. The average molecular weight is 242 g/mol. The highest BCUT2D eigenvalue weighted by Crippen LogP contribution is 2.30. The molecule has 0 aliphatic heterocycles. The molecule has 1 aliphatic rings. The Morgan fingerprint density at radius 1 is 1.41 bits per heavy atom. The van der Waals surface area contributed by atoms with Crippen LogP contribution >= 0.6 is 0 Å². The Kier molecular flexibility index (Phi) is 5.92. The number of rotatable bonds is 6. The van der Waals surface area contributed by atoms with Crippen molar-refractivity contribution in [3.05, 3.63) is 0 Å². The van der Waals surface area contributed by atoms with Crippen LogP contribution in [-0.4, -0.2) is 30.2 Å². The van der Waals surface area contributed by atoms with E-state index in [9.17, 15) is 9.90 Å². The van der Waals surface area contributed by atoms with Gasteiger partial charge in [0.15, 0.2) is 0 Å². The summed E-state index contributed by atoms with van der Waals surface area (Å²) in [6.45, 7) is 5.02. The van der Waals surface area contributed by atoms with E-state index in [0.29, 0.717) is 24.3 Å². The van der Waals surface area contributed by atoms with Crippen molar-refractivity contribution in [1.82, 2.24) is 5.32 Å². The molecule has 100 valence electrons. The van der Waals surface area contributed by atoms with Crippen molar-refractivity contribution in [3.63, 3.8) is 0 Å². The highest BCUT2D eigenvalue weighted by Gasteiger charge is 2.27. The van der Waals surface area contributed by atoms with Gasteiger partial charge in [-0.3, -0.25) is 4.79 Å². The van der Waals surface area contributed by atoms with Gasteiger partial charge in [0, 0.05) is 13.2 Å². The van der Waals surface area contributed by atoms with Gasteiger partial charge >= 0.3 is 0 Å². The van der Waals surface area contributed by atoms with Crippen LogP contribution in [0.1, 0.15) is 39.5 Å². The van der Waals surface area contributed by atoms with E-state index in [2.05, 4.69) is 19.2 Å². The molecule has 3 atom stereocenters. The first-order chi connectivity index (χ1) is 8.04. The van der Waals surface area contributed by atoms with Crippen LogP contribution in [-0.2, 0) is 4.79 Å². The number of aliphatic hydroxyl groups is 1. The fourth-order valence-electron chi connectivity index (χ4n) is 2.60. The smallest absolute Gasteiger partial charge is 0.236 e. The Morgan fingerprint density at radius 2 is 2.06 bits per heavy atom. The Balaban J connectivity index is 2.27. The Labute approximate surface area is 104 Å². The molecule has 4 nitrogen and oxygen atoms in total. The highest BCUT2D eigenvalue weighted by molar-refractivity contribution is 5.81. The monoisotopic (exact) mass is 242 g/mol. The molecule has 0 saturated heterocycles. The summed E-state index contributed by atoms with van der Waals surface area (Å²) in [6, 6.07) is -0.399. The minimum absolute atomic E-state index is 0.0534.